The third-order valence-corrected chi connectivity index (χ3v) is 6.67. The van der Waals surface area contributed by atoms with Crippen molar-refractivity contribution in [3.05, 3.63) is 113 Å². The van der Waals surface area contributed by atoms with Gasteiger partial charge in [-0.2, -0.15) is 0 Å². The van der Waals surface area contributed by atoms with Gasteiger partial charge in [-0.15, -0.1) is 0 Å². The Hall–Kier alpha value is -2.84. The number of hydrogen-bond acceptors (Lipinski definition) is 6. The van der Waals surface area contributed by atoms with Crippen LogP contribution in [-0.4, -0.2) is 41.5 Å². The van der Waals surface area contributed by atoms with Crippen molar-refractivity contribution < 1.29 is 19.3 Å². The van der Waals surface area contributed by atoms with Gasteiger partial charge < -0.3 is 19.3 Å². The molecule has 3 aromatic carbocycles. The molecule has 1 saturated heterocycles. The molecule has 7 nitrogen and oxygen atoms in total. The minimum absolute atomic E-state index is 0.177. The molecule has 0 saturated carbocycles. The summed E-state index contributed by atoms with van der Waals surface area (Å²) in [4.78, 5) is 3.99. The van der Waals surface area contributed by atoms with E-state index in [4.69, 9.17) is 14.2 Å². The highest BCUT2D eigenvalue weighted by Gasteiger charge is 2.46. The lowest BCUT2D eigenvalue weighted by molar-refractivity contribution is -0.190. The molecule has 4 rings (SSSR count). The SMILES string of the molecule is [N-]=[N+]=N[C@@H]1[C@@H](OCc2ccccc2)[C@@H](O)[C@@H](COCc2ccccc2)O[C@H]1Sc1ccccc1. The van der Waals surface area contributed by atoms with Crippen LogP contribution in [-0.2, 0) is 27.4 Å². The Bertz CT molecular complexity index is 1050. The first-order valence-corrected chi connectivity index (χ1v) is 12.0. The molecule has 0 aliphatic carbocycles. The van der Waals surface area contributed by atoms with E-state index in [0.29, 0.717) is 6.61 Å². The molecule has 176 valence electrons. The van der Waals surface area contributed by atoms with Gasteiger partial charge in [0.15, 0.2) is 0 Å². The smallest absolute Gasteiger partial charge is 0.119 e. The Morgan fingerprint density at radius 3 is 2.09 bits per heavy atom. The number of benzene rings is 3. The molecule has 34 heavy (non-hydrogen) atoms. The van der Waals surface area contributed by atoms with E-state index in [1.165, 1.54) is 11.8 Å². The van der Waals surface area contributed by atoms with Crippen molar-refractivity contribution in [2.45, 2.75) is 47.9 Å². The van der Waals surface area contributed by atoms with Gasteiger partial charge in [-0.1, -0.05) is 95.7 Å². The van der Waals surface area contributed by atoms with E-state index in [0.717, 1.165) is 16.0 Å². The Morgan fingerprint density at radius 1 is 0.882 bits per heavy atom. The van der Waals surface area contributed by atoms with Crippen molar-refractivity contribution in [2.24, 2.45) is 5.11 Å². The number of thioether (sulfide) groups is 1. The second-order valence-electron chi connectivity index (χ2n) is 7.92. The second-order valence-corrected chi connectivity index (χ2v) is 9.09. The summed E-state index contributed by atoms with van der Waals surface area (Å²) in [6, 6.07) is 28.5. The van der Waals surface area contributed by atoms with Crippen molar-refractivity contribution in [3.63, 3.8) is 0 Å². The molecule has 0 unspecified atom stereocenters. The van der Waals surface area contributed by atoms with Gasteiger partial charge >= 0.3 is 0 Å². The predicted molar refractivity (Wildman–Crippen MR) is 131 cm³/mol. The van der Waals surface area contributed by atoms with Gasteiger partial charge in [0.25, 0.3) is 0 Å². The van der Waals surface area contributed by atoms with Crippen LogP contribution < -0.4 is 0 Å². The molecule has 1 aliphatic rings. The van der Waals surface area contributed by atoms with Crippen molar-refractivity contribution in [1.82, 2.24) is 0 Å². The van der Waals surface area contributed by atoms with Crippen LogP contribution >= 0.6 is 11.8 Å². The Kier molecular flexibility index (Phi) is 8.98. The largest absolute Gasteiger partial charge is 0.388 e. The van der Waals surface area contributed by atoms with Crippen LogP contribution in [0.2, 0.25) is 0 Å². The summed E-state index contributed by atoms with van der Waals surface area (Å²) in [7, 11) is 0. The van der Waals surface area contributed by atoms with E-state index < -0.39 is 29.8 Å². The van der Waals surface area contributed by atoms with E-state index in [-0.39, 0.29) is 13.2 Å². The molecule has 0 bridgehead atoms. The summed E-state index contributed by atoms with van der Waals surface area (Å²) >= 11 is 1.44. The van der Waals surface area contributed by atoms with Crippen LogP contribution in [0.15, 0.2) is 101 Å². The summed E-state index contributed by atoms with van der Waals surface area (Å²) in [6.45, 7) is 0.857. The number of azide groups is 1. The summed E-state index contributed by atoms with van der Waals surface area (Å²) in [5.41, 5.74) is 10.7. The fourth-order valence-electron chi connectivity index (χ4n) is 3.78. The van der Waals surface area contributed by atoms with Crippen LogP contribution in [0.25, 0.3) is 10.4 Å². The topological polar surface area (TPSA) is 96.7 Å². The predicted octanol–water partition coefficient (Wildman–Crippen LogP) is 5.35. The minimum Gasteiger partial charge on any atom is -0.388 e. The monoisotopic (exact) mass is 477 g/mol. The summed E-state index contributed by atoms with van der Waals surface area (Å²) in [5.74, 6) is 0. The van der Waals surface area contributed by atoms with Crippen LogP contribution in [0, 0.1) is 0 Å². The van der Waals surface area contributed by atoms with Gasteiger partial charge in [0.1, 0.15) is 23.7 Å². The molecule has 0 amide bonds. The molecule has 0 spiro atoms. The average molecular weight is 478 g/mol. The molecule has 1 N–H and O–H groups in total. The molecular weight excluding hydrogens is 450 g/mol. The van der Waals surface area contributed by atoms with Crippen molar-refractivity contribution in [3.8, 4) is 0 Å². The number of aliphatic hydroxyl groups excluding tert-OH is 1. The molecule has 8 heteroatoms. The first kappa shape index (κ1) is 24.3. The minimum atomic E-state index is -1.03. The number of nitrogens with zero attached hydrogens (tertiary/aromatic N) is 3. The van der Waals surface area contributed by atoms with Gasteiger partial charge in [-0.05, 0) is 28.8 Å². The summed E-state index contributed by atoms with van der Waals surface area (Å²) in [6.07, 6.45) is -2.42. The lowest BCUT2D eigenvalue weighted by atomic mass is 9.98. The Morgan fingerprint density at radius 2 is 1.47 bits per heavy atom. The lowest BCUT2D eigenvalue weighted by Gasteiger charge is -2.42. The molecule has 1 aliphatic heterocycles. The highest BCUT2D eigenvalue weighted by atomic mass is 32.2. The average Bonchev–Trinajstić information content (AvgIpc) is 2.88. The molecular formula is C26H27N3O4S. The van der Waals surface area contributed by atoms with E-state index >= 15 is 0 Å². The van der Waals surface area contributed by atoms with Gasteiger partial charge in [-0.3, -0.25) is 0 Å². The van der Waals surface area contributed by atoms with Gasteiger partial charge in [0.05, 0.1) is 25.9 Å². The number of rotatable bonds is 10. The third kappa shape index (κ3) is 6.61. The van der Waals surface area contributed by atoms with E-state index in [9.17, 15) is 10.6 Å². The maximum atomic E-state index is 11.2. The zero-order valence-corrected chi connectivity index (χ0v) is 19.4. The van der Waals surface area contributed by atoms with Gasteiger partial charge in [-0.25, -0.2) is 0 Å². The van der Waals surface area contributed by atoms with E-state index in [1.807, 2.05) is 91.0 Å². The quantitative estimate of drug-likeness (QED) is 0.241. The van der Waals surface area contributed by atoms with Crippen LogP contribution in [0.4, 0.5) is 0 Å². The first-order chi connectivity index (χ1) is 16.7. The number of aliphatic hydroxyl groups is 1. The summed E-state index contributed by atoms with van der Waals surface area (Å²) < 4.78 is 18.3. The highest BCUT2D eigenvalue weighted by Crippen LogP contribution is 2.36. The molecule has 0 aromatic heterocycles. The van der Waals surface area contributed by atoms with Crippen molar-refractivity contribution in [1.29, 1.82) is 0 Å². The zero-order chi connectivity index (χ0) is 23.6. The molecule has 0 radical (unpaired) electrons. The van der Waals surface area contributed by atoms with Crippen LogP contribution in [0.3, 0.4) is 0 Å². The van der Waals surface area contributed by atoms with Crippen molar-refractivity contribution in [2.75, 3.05) is 6.61 Å². The standard InChI is InChI=1S/C26H27N3O4S/c27-29-28-23-25(32-17-20-12-6-2-7-13-20)24(30)22(18-31-16-19-10-4-1-5-11-19)33-26(23)34-21-14-8-3-9-15-21/h1-15,22-26,30H,16-18H2/t22-,23-,24+,25-,26+/m1/s1. The molecule has 5 atom stereocenters. The Labute approximate surface area is 203 Å². The Balaban J connectivity index is 1.51. The maximum absolute atomic E-state index is 11.2. The fraction of sp³-hybridized carbons (Fsp3) is 0.308. The number of ether oxygens (including phenoxy) is 3. The molecule has 3 aromatic rings. The third-order valence-electron chi connectivity index (χ3n) is 5.50. The fourth-order valence-corrected chi connectivity index (χ4v) is 4.91. The van der Waals surface area contributed by atoms with Gasteiger partial charge in [0, 0.05) is 9.81 Å². The zero-order valence-electron chi connectivity index (χ0n) is 18.6. The first-order valence-electron chi connectivity index (χ1n) is 11.1. The molecule has 1 fully saturated rings. The van der Waals surface area contributed by atoms with Crippen LogP contribution in [0.1, 0.15) is 11.1 Å². The maximum Gasteiger partial charge on any atom is 0.119 e. The van der Waals surface area contributed by atoms with Crippen molar-refractivity contribution >= 4 is 11.8 Å². The summed E-state index contributed by atoms with van der Waals surface area (Å²) in [5, 5.41) is 15.1. The van der Waals surface area contributed by atoms with E-state index in [1.54, 1.807) is 0 Å². The van der Waals surface area contributed by atoms with Gasteiger partial charge in [0.2, 0.25) is 0 Å². The highest BCUT2D eigenvalue weighted by molar-refractivity contribution is 7.99. The van der Waals surface area contributed by atoms with E-state index in [2.05, 4.69) is 10.0 Å². The number of hydrogen-bond donors (Lipinski definition) is 1. The second kappa shape index (κ2) is 12.6. The molecule has 1 heterocycles. The van der Waals surface area contributed by atoms with Crippen LogP contribution in [0.5, 0.6) is 0 Å². The lowest BCUT2D eigenvalue weighted by Crippen LogP contribution is -2.57. The normalized spacial score (nSPS) is 24.3.